The average Bonchev–Trinajstić information content (AvgIpc) is 3.50. The SMILES string of the molecule is c1ccc(-c2cc(-c3ccccc3)nc(-c3cccc4oc5ccc(-c6cccc7c6ccc6ccccc67)cc5c34)c2)cc1. The molecule has 2 heteroatoms. The van der Waals surface area contributed by atoms with Crippen LogP contribution in [0.2, 0.25) is 0 Å². The average molecular weight is 574 g/mol. The third-order valence-corrected chi connectivity index (χ3v) is 8.87. The molecular formula is C43H27NO. The van der Waals surface area contributed by atoms with Crippen LogP contribution < -0.4 is 0 Å². The second kappa shape index (κ2) is 10.3. The van der Waals surface area contributed by atoms with Gasteiger partial charge < -0.3 is 4.42 Å². The second-order valence-electron chi connectivity index (χ2n) is 11.5. The first-order chi connectivity index (χ1) is 22.3. The summed E-state index contributed by atoms with van der Waals surface area (Å²) in [6, 6.07) is 57.9. The van der Waals surface area contributed by atoms with Crippen LogP contribution in [-0.2, 0) is 0 Å². The molecule has 0 aliphatic rings. The number of nitrogens with zero attached hydrogens (tertiary/aromatic N) is 1. The van der Waals surface area contributed by atoms with E-state index in [4.69, 9.17) is 9.40 Å². The van der Waals surface area contributed by atoms with Crippen LogP contribution >= 0.6 is 0 Å². The summed E-state index contributed by atoms with van der Waals surface area (Å²) in [5.74, 6) is 0. The Hall–Kier alpha value is -5.99. The number of furan rings is 1. The molecule has 45 heavy (non-hydrogen) atoms. The molecular weight excluding hydrogens is 546 g/mol. The van der Waals surface area contributed by atoms with Gasteiger partial charge in [0.05, 0.1) is 11.4 Å². The zero-order valence-electron chi connectivity index (χ0n) is 24.4. The minimum Gasteiger partial charge on any atom is -0.456 e. The monoisotopic (exact) mass is 573 g/mol. The van der Waals surface area contributed by atoms with E-state index in [0.29, 0.717) is 0 Å². The molecule has 2 nitrogen and oxygen atoms in total. The van der Waals surface area contributed by atoms with Gasteiger partial charge in [-0.25, -0.2) is 4.98 Å². The summed E-state index contributed by atoms with van der Waals surface area (Å²) in [6.45, 7) is 0. The molecule has 0 radical (unpaired) electrons. The fourth-order valence-corrected chi connectivity index (χ4v) is 6.72. The molecule has 0 aliphatic carbocycles. The number of aromatic nitrogens is 1. The van der Waals surface area contributed by atoms with E-state index in [2.05, 4.69) is 158 Å². The summed E-state index contributed by atoms with van der Waals surface area (Å²) < 4.78 is 6.45. The Kier molecular flexibility index (Phi) is 5.85. The van der Waals surface area contributed by atoms with Gasteiger partial charge in [-0.15, -0.1) is 0 Å². The van der Waals surface area contributed by atoms with E-state index in [9.17, 15) is 0 Å². The molecule has 0 spiro atoms. The summed E-state index contributed by atoms with van der Waals surface area (Å²) in [6.07, 6.45) is 0. The lowest BCUT2D eigenvalue weighted by Crippen LogP contribution is -1.91. The minimum atomic E-state index is 0.858. The first-order valence-electron chi connectivity index (χ1n) is 15.3. The van der Waals surface area contributed by atoms with Crippen molar-refractivity contribution in [1.82, 2.24) is 4.98 Å². The van der Waals surface area contributed by atoms with Crippen molar-refractivity contribution in [3.05, 3.63) is 164 Å². The first kappa shape index (κ1) is 25.5. The fourth-order valence-electron chi connectivity index (χ4n) is 6.72. The van der Waals surface area contributed by atoms with Crippen molar-refractivity contribution in [3.8, 4) is 44.8 Å². The Bertz CT molecular complexity index is 2470. The molecule has 210 valence electrons. The van der Waals surface area contributed by atoms with Crippen LogP contribution in [0.1, 0.15) is 0 Å². The second-order valence-corrected chi connectivity index (χ2v) is 11.5. The molecule has 0 saturated carbocycles. The number of rotatable bonds is 4. The third-order valence-electron chi connectivity index (χ3n) is 8.87. The molecule has 7 aromatic carbocycles. The molecule has 0 amide bonds. The van der Waals surface area contributed by atoms with Crippen molar-refractivity contribution in [2.75, 3.05) is 0 Å². The molecule has 2 aromatic heterocycles. The maximum absolute atomic E-state index is 6.45. The Balaban J connectivity index is 1.28. The highest BCUT2D eigenvalue weighted by molar-refractivity contribution is 6.15. The van der Waals surface area contributed by atoms with E-state index >= 15 is 0 Å². The van der Waals surface area contributed by atoms with E-state index in [1.165, 1.54) is 27.1 Å². The number of hydrogen-bond acceptors (Lipinski definition) is 2. The lowest BCUT2D eigenvalue weighted by molar-refractivity contribution is 0.669. The lowest BCUT2D eigenvalue weighted by atomic mass is 9.93. The number of hydrogen-bond donors (Lipinski definition) is 0. The Morgan fingerprint density at radius 1 is 0.356 bits per heavy atom. The number of pyridine rings is 1. The van der Waals surface area contributed by atoms with Gasteiger partial charge in [-0.2, -0.15) is 0 Å². The predicted octanol–water partition coefficient (Wildman–Crippen LogP) is 12.0. The van der Waals surface area contributed by atoms with Crippen LogP contribution in [0.3, 0.4) is 0 Å². The molecule has 0 fully saturated rings. The van der Waals surface area contributed by atoms with E-state index in [0.717, 1.165) is 61.1 Å². The van der Waals surface area contributed by atoms with Gasteiger partial charge in [0.25, 0.3) is 0 Å². The minimum absolute atomic E-state index is 0.858. The van der Waals surface area contributed by atoms with Crippen LogP contribution in [0.15, 0.2) is 168 Å². The number of benzene rings is 7. The normalized spacial score (nSPS) is 11.6. The van der Waals surface area contributed by atoms with Crippen LogP contribution in [0, 0.1) is 0 Å². The van der Waals surface area contributed by atoms with Crippen LogP contribution in [0.25, 0.3) is 88.3 Å². The van der Waals surface area contributed by atoms with Gasteiger partial charge in [0, 0.05) is 21.9 Å². The van der Waals surface area contributed by atoms with Crippen molar-refractivity contribution in [2.45, 2.75) is 0 Å². The van der Waals surface area contributed by atoms with Crippen molar-refractivity contribution in [3.63, 3.8) is 0 Å². The summed E-state index contributed by atoms with van der Waals surface area (Å²) in [4.78, 5) is 5.24. The van der Waals surface area contributed by atoms with Gasteiger partial charge in [-0.05, 0) is 74.1 Å². The molecule has 2 heterocycles. The highest BCUT2D eigenvalue weighted by Crippen LogP contribution is 2.41. The molecule has 9 aromatic rings. The maximum Gasteiger partial charge on any atom is 0.136 e. The Morgan fingerprint density at radius 2 is 1.07 bits per heavy atom. The summed E-state index contributed by atoms with van der Waals surface area (Å²) in [5.41, 5.74) is 10.4. The van der Waals surface area contributed by atoms with Gasteiger partial charge in [0.15, 0.2) is 0 Å². The molecule has 0 bridgehead atoms. The van der Waals surface area contributed by atoms with Crippen LogP contribution in [0.5, 0.6) is 0 Å². The highest BCUT2D eigenvalue weighted by Gasteiger charge is 2.17. The van der Waals surface area contributed by atoms with Crippen molar-refractivity contribution in [2.24, 2.45) is 0 Å². The summed E-state index contributed by atoms with van der Waals surface area (Å²) >= 11 is 0. The summed E-state index contributed by atoms with van der Waals surface area (Å²) in [5, 5.41) is 7.20. The maximum atomic E-state index is 6.45. The van der Waals surface area contributed by atoms with Gasteiger partial charge >= 0.3 is 0 Å². The number of fused-ring (bicyclic) bond motifs is 6. The Morgan fingerprint density at radius 3 is 1.93 bits per heavy atom. The van der Waals surface area contributed by atoms with Gasteiger partial charge in [0.1, 0.15) is 11.2 Å². The Labute approximate surface area is 260 Å². The quantitative estimate of drug-likeness (QED) is 0.196. The molecule has 0 saturated heterocycles. The topological polar surface area (TPSA) is 26.0 Å². The predicted molar refractivity (Wildman–Crippen MR) is 188 cm³/mol. The largest absolute Gasteiger partial charge is 0.456 e. The van der Waals surface area contributed by atoms with E-state index in [1.54, 1.807) is 0 Å². The zero-order valence-corrected chi connectivity index (χ0v) is 24.4. The zero-order chi connectivity index (χ0) is 29.7. The molecule has 9 rings (SSSR count). The standard InChI is InChI=1S/C43H27NO/c1-3-11-28(12-4-1)32-26-39(30-14-5-2-6-15-30)44-40(27-32)37-19-10-20-42-43(37)38-25-31(22-24-41(38)45-42)34-17-9-18-35-33-16-8-7-13-29(33)21-23-36(34)35/h1-27H. The third kappa shape index (κ3) is 4.30. The van der Waals surface area contributed by atoms with Crippen molar-refractivity contribution in [1.29, 1.82) is 0 Å². The van der Waals surface area contributed by atoms with Gasteiger partial charge in [0.2, 0.25) is 0 Å². The van der Waals surface area contributed by atoms with E-state index < -0.39 is 0 Å². The van der Waals surface area contributed by atoms with E-state index in [-0.39, 0.29) is 0 Å². The molecule has 0 atom stereocenters. The highest BCUT2D eigenvalue weighted by atomic mass is 16.3. The smallest absolute Gasteiger partial charge is 0.136 e. The fraction of sp³-hybridized carbons (Fsp3) is 0. The van der Waals surface area contributed by atoms with Crippen molar-refractivity contribution < 1.29 is 4.42 Å². The summed E-state index contributed by atoms with van der Waals surface area (Å²) in [7, 11) is 0. The van der Waals surface area contributed by atoms with Crippen LogP contribution in [0.4, 0.5) is 0 Å². The molecule has 0 aliphatic heterocycles. The van der Waals surface area contributed by atoms with Crippen molar-refractivity contribution >= 4 is 43.5 Å². The van der Waals surface area contributed by atoms with Crippen LogP contribution in [-0.4, -0.2) is 4.98 Å². The molecule has 0 unspecified atom stereocenters. The van der Waals surface area contributed by atoms with E-state index in [1.807, 2.05) is 6.07 Å². The van der Waals surface area contributed by atoms with Gasteiger partial charge in [-0.1, -0.05) is 133 Å². The molecule has 0 N–H and O–H groups in total. The van der Waals surface area contributed by atoms with Gasteiger partial charge in [-0.3, -0.25) is 0 Å². The lowest BCUT2D eigenvalue weighted by Gasteiger charge is -2.12. The first-order valence-corrected chi connectivity index (χ1v) is 15.3.